The Labute approximate surface area is 93.8 Å². The van der Waals surface area contributed by atoms with Gasteiger partial charge < -0.3 is 10.6 Å². The van der Waals surface area contributed by atoms with Crippen LogP contribution in [0.3, 0.4) is 0 Å². The lowest BCUT2D eigenvalue weighted by Gasteiger charge is -2.17. The molecule has 0 radical (unpaired) electrons. The maximum absolute atomic E-state index is 12.1. The number of likely N-dealkylation sites (tertiary alicyclic amines) is 1. The highest BCUT2D eigenvalue weighted by Gasteiger charge is 2.22. The highest BCUT2D eigenvalue weighted by molar-refractivity contribution is 6.34. The first-order chi connectivity index (χ1) is 7.20. The molecule has 1 heterocycles. The number of benzene rings is 1. The minimum absolute atomic E-state index is 0.0457. The van der Waals surface area contributed by atoms with Crippen LogP contribution in [-0.2, 0) is 0 Å². The highest BCUT2D eigenvalue weighted by atomic mass is 35.5. The molecule has 15 heavy (non-hydrogen) atoms. The minimum atomic E-state index is -0.0457. The van der Waals surface area contributed by atoms with Crippen molar-refractivity contribution in [3.63, 3.8) is 0 Å². The Morgan fingerprint density at radius 3 is 2.60 bits per heavy atom. The van der Waals surface area contributed by atoms with Crippen LogP contribution in [0.5, 0.6) is 0 Å². The second kappa shape index (κ2) is 4.11. The zero-order valence-corrected chi connectivity index (χ0v) is 9.13. The number of carbonyl (C=O) groups excluding carboxylic acids is 1. The van der Waals surface area contributed by atoms with E-state index in [1.807, 2.05) is 0 Å². The van der Waals surface area contributed by atoms with Gasteiger partial charge in [0.2, 0.25) is 0 Å². The molecule has 3 nitrogen and oxygen atoms in total. The van der Waals surface area contributed by atoms with Crippen LogP contribution in [-0.4, -0.2) is 23.9 Å². The standard InChI is InChI=1S/C11H13ClN2O/c12-8-4-3-5-9(13)10(8)11(15)14-6-1-2-7-14/h3-5H,1-2,6-7,13H2. The minimum Gasteiger partial charge on any atom is -0.398 e. The predicted molar refractivity (Wildman–Crippen MR) is 61.0 cm³/mol. The second-order valence-electron chi connectivity index (χ2n) is 3.70. The molecular formula is C11H13ClN2O. The maximum Gasteiger partial charge on any atom is 0.257 e. The van der Waals surface area contributed by atoms with E-state index in [9.17, 15) is 4.79 Å². The zero-order valence-electron chi connectivity index (χ0n) is 8.37. The van der Waals surface area contributed by atoms with Gasteiger partial charge in [0, 0.05) is 18.8 Å². The van der Waals surface area contributed by atoms with Gasteiger partial charge in [-0.2, -0.15) is 0 Å². The first-order valence-corrected chi connectivity index (χ1v) is 5.41. The van der Waals surface area contributed by atoms with Crippen molar-refractivity contribution in [3.8, 4) is 0 Å². The highest BCUT2D eigenvalue weighted by Crippen LogP contribution is 2.25. The van der Waals surface area contributed by atoms with Crippen LogP contribution in [0.2, 0.25) is 5.02 Å². The van der Waals surface area contributed by atoms with Crippen LogP contribution >= 0.6 is 11.6 Å². The summed E-state index contributed by atoms with van der Waals surface area (Å²) >= 11 is 5.98. The van der Waals surface area contributed by atoms with Gasteiger partial charge in [-0.1, -0.05) is 17.7 Å². The Kier molecular flexibility index (Phi) is 2.82. The van der Waals surface area contributed by atoms with Gasteiger partial charge >= 0.3 is 0 Å². The van der Waals surface area contributed by atoms with E-state index >= 15 is 0 Å². The van der Waals surface area contributed by atoms with Crippen molar-refractivity contribution < 1.29 is 4.79 Å². The summed E-state index contributed by atoms with van der Waals surface area (Å²) in [5.74, 6) is -0.0457. The molecule has 0 aromatic heterocycles. The predicted octanol–water partition coefficient (Wildman–Crippen LogP) is 2.16. The number of nitrogens with zero attached hydrogens (tertiary/aromatic N) is 1. The van der Waals surface area contributed by atoms with E-state index < -0.39 is 0 Å². The summed E-state index contributed by atoms with van der Waals surface area (Å²) in [7, 11) is 0. The molecule has 0 atom stereocenters. The lowest BCUT2D eigenvalue weighted by Crippen LogP contribution is -2.28. The molecule has 4 heteroatoms. The van der Waals surface area contributed by atoms with Crippen LogP contribution in [0.15, 0.2) is 18.2 Å². The van der Waals surface area contributed by atoms with Crippen molar-refractivity contribution in [1.29, 1.82) is 0 Å². The van der Waals surface area contributed by atoms with Gasteiger partial charge in [0.1, 0.15) is 0 Å². The van der Waals surface area contributed by atoms with E-state index in [-0.39, 0.29) is 5.91 Å². The van der Waals surface area contributed by atoms with E-state index in [0.717, 1.165) is 25.9 Å². The van der Waals surface area contributed by atoms with Crippen LogP contribution in [0.4, 0.5) is 5.69 Å². The molecule has 0 unspecified atom stereocenters. The van der Waals surface area contributed by atoms with Gasteiger partial charge in [0.25, 0.3) is 5.91 Å². The van der Waals surface area contributed by atoms with Crippen molar-refractivity contribution in [3.05, 3.63) is 28.8 Å². The Bertz CT molecular complexity index is 366. The zero-order chi connectivity index (χ0) is 10.8. The smallest absolute Gasteiger partial charge is 0.257 e. The van der Waals surface area contributed by atoms with Crippen LogP contribution < -0.4 is 5.73 Å². The van der Waals surface area contributed by atoms with Crippen molar-refractivity contribution in [2.75, 3.05) is 18.8 Å². The number of amides is 1. The van der Waals surface area contributed by atoms with Crippen molar-refractivity contribution in [2.45, 2.75) is 12.8 Å². The molecule has 0 bridgehead atoms. The van der Waals surface area contributed by atoms with E-state index in [1.165, 1.54) is 0 Å². The summed E-state index contributed by atoms with van der Waals surface area (Å²) in [6.07, 6.45) is 2.13. The molecule has 1 aliphatic rings. The van der Waals surface area contributed by atoms with Crippen molar-refractivity contribution >= 4 is 23.2 Å². The van der Waals surface area contributed by atoms with Gasteiger partial charge in [-0.3, -0.25) is 4.79 Å². The fourth-order valence-electron chi connectivity index (χ4n) is 1.84. The Hall–Kier alpha value is -1.22. The summed E-state index contributed by atoms with van der Waals surface area (Å²) < 4.78 is 0. The molecule has 1 aromatic rings. The lowest BCUT2D eigenvalue weighted by atomic mass is 10.1. The molecular weight excluding hydrogens is 212 g/mol. The maximum atomic E-state index is 12.1. The molecule has 2 N–H and O–H groups in total. The van der Waals surface area contributed by atoms with Crippen LogP contribution in [0.25, 0.3) is 0 Å². The number of nitrogen functional groups attached to an aromatic ring is 1. The summed E-state index contributed by atoms with van der Waals surface area (Å²) in [4.78, 5) is 13.9. The third-order valence-corrected chi connectivity index (χ3v) is 2.97. The fraction of sp³-hybridized carbons (Fsp3) is 0.364. The molecule has 0 spiro atoms. The molecule has 80 valence electrons. The topological polar surface area (TPSA) is 46.3 Å². The normalized spacial score (nSPS) is 15.7. The summed E-state index contributed by atoms with van der Waals surface area (Å²) in [6.45, 7) is 1.62. The summed E-state index contributed by atoms with van der Waals surface area (Å²) in [5, 5.41) is 0.437. The molecule has 1 amide bonds. The summed E-state index contributed by atoms with van der Waals surface area (Å²) in [5.41, 5.74) is 6.66. The number of hydrogen-bond acceptors (Lipinski definition) is 2. The quantitative estimate of drug-likeness (QED) is 0.743. The molecule has 1 saturated heterocycles. The molecule has 0 saturated carbocycles. The number of hydrogen-bond donors (Lipinski definition) is 1. The van der Waals surface area contributed by atoms with Gasteiger partial charge in [-0.25, -0.2) is 0 Å². The van der Waals surface area contributed by atoms with E-state index in [1.54, 1.807) is 23.1 Å². The van der Waals surface area contributed by atoms with Crippen LogP contribution in [0.1, 0.15) is 23.2 Å². The molecule has 2 rings (SSSR count). The third-order valence-electron chi connectivity index (χ3n) is 2.65. The van der Waals surface area contributed by atoms with Gasteiger partial charge in [-0.05, 0) is 25.0 Å². The molecule has 1 aromatic carbocycles. The summed E-state index contributed by atoms with van der Waals surface area (Å²) in [6, 6.07) is 5.15. The number of nitrogens with two attached hydrogens (primary N) is 1. The van der Waals surface area contributed by atoms with Gasteiger partial charge in [0.15, 0.2) is 0 Å². The Morgan fingerprint density at radius 1 is 1.33 bits per heavy atom. The second-order valence-corrected chi connectivity index (χ2v) is 4.11. The first-order valence-electron chi connectivity index (χ1n) is 5.03. The molecule has 1 fully saturated rings. The number of halogens is 1. The van der Waals surface area contributed by atoms with E-state index in [4.69, 9.17) is 17.3 Å². The SMILES string of the molecule is Nc1cccc(Cl)c1C(=O)N1CCCC1. The fourth-order valence-corrected chi connectivity index (χ4v) is 2.11. The van der Waals surface area contributed by atoms with E-state index in [0.29, 0.717) is 16.3 Å². The molecule has 1 aliphatic heterocycles. The Morgan fingerprint density at radius 2 is 2.00 bits per heavy atom. The van der Waals surface area contributed by atoms with Crippen molar-refractivity contribution in [1.82, 2.24) is 4.90 Å². The monoisotopic (exact) mass is 224 g/mol. The number of carbonyl (C=O) groups is 1. The average molecular weight is 225 g/mol. The largest absolute Gasteiger partial charge is 0.398 e. The van der Waals surface area contributed by atoms with Gasteiger partial charge in [-0.15, -0.1) is 0 Å². The first kappa shape index (κ1) is 10.3. The number of rotatable bonds is 1. The van der Waals surface area contributed by atoms with E-state index in [2.05, 4.69) is 0 Å². The average Bonchev–Trinajstić information content (AvgIpc) is 2.69. The Balaban J connectivity index is 2.32. The lowest BCUT2D eigenvalue weighted by molar-refractivity contribution is 0.0794. The molecule has 0 aliphatic carbocycles. The third kappa shape index (κ3) is 1.92. The van der Waals surface area contributed by atoms with Crippen LogP contribution in [0, 0.1) is 0 Å². The number of anilines is 1. The van der Waals surface area contributed by atoms with Gasteiger partial charge in [0.05, 0.1) is 10.6 Å². The van der Waals surface area contributed by atoms with Crippen molar-refractivity contribution in [2.24, 2.45) is 0 Å².